The highest BCUT2D eigenvalue weighted by Gasteiger charge is 2.10. The fourth-order valence-electron chi connectivity index (χ4n) is 1.36. The first-order valence-corrected chi connectivity index (χ1v) is 6.07. The lowest BCUT2D eigenvalue weighted by Crippen LogP contribution is -2.01. The highest BCUT2D eigenvalue weighted by molar-refractivity contribution is 9.08. The zero-order valence-corrected chi connectivity index (χ0v) is 10.7. The highest BCUT2D eigenvalue weighted by atomic mass is 79.9. The normalized spacial score (nSPS) is 13.9. The molecule has 1 N–H and O–H groups in total. The summed E-state index contributed by atoms with van der Waals surface area (Å²) >= 11 is 3.18. The third-order valence-corrected chi connectivity index (χ3v) is 2.75. The Kier molecular flexibility index (Phi) is 2.40. The molecular weight excluding hydrogens is 296 g/mol. The van der Waals surface area contributed by atoms with E-state index in [-0.39, 0.29) is 22.4 Å². The van der Waals surface area contributed by atoms with Crippen molar-refractivity contribution < 1.29 is 21.5 Å². The SMILES string of the molecule is [2H]c1c([2H])c([2H])c(Oc2ccc(C(=O)O)c(CBr)c2)c([2H])c1[2H]. The van der Waals surface area contributed by atoms with Gasteiger partial charge in [0.15, 0.2) is 0 Å². The summed E-state index contributed by atoms with van der Waals surface area (Å²) in [7, 11) is 0. The summed E-state index contributed by atoms with van der Waals surface area (Å²) in [5.41, 5.74) is 0.539. The summed E-state index contributed by atoms with van der Waals surface area (Å²) in [5.74, 6) is -1.21. The third-order valence-electron chi connectivity index (χ3n) is 2.15. The molecule has 92 valence electrons. The molecule has 3 nitrogen and oxygen atoms in total. The van der Waals surface area contributed by atoms with Crippen LogP contribution in [-0.4, -0.2) is 11.1 Å². The van der Waals surface area contributed by atoms with Crippen LogP contribution in [0.25, 0.3) is 0 Å². The molecule has 0 saturated heterocycles. The molecule has 0 fully saturated rings. The standard InChI is InChI=1S/C14H11BrO3/c15-9-10-8-12(6-7-13(10)14(16)17)18-11-4-2-1-3-5-11/h1-8H,9H2,(H,16,17)/i1D,2D,3D,4D,5D. The number of aromatic carboxylic acids is 1. The first kappa shape index (κ1) is 7.59. The van der Waals surface area contributed by atoms with Crippen molar-refractivity contribution in [1.82, 2.24) is 0 Å². The van der Waals surface area contributed by atoms with Gasteiger partial charge in [-0.3, -0.25) is 0 Å². The maximum atomic E-state index is 11.1. The van der Waals surface area contributed by atoms with Gasteiger partial charge in [-0.25, -0.2) is 4.79 Å². The molecule has 18 heavy (non-hydrogen) atoms. The summed E-state index contributed by atoms with van der Waals surface area (Å²) < 4.78 is 43.7. The zero-order chi connectivity index (χ0) is 17.3. The van der Waals surface area contributed by atoms with Crippen molar-refractivity contribution in [2.24, 2.45) is 0 Å². The molecule has 0 aromatic heterocycles. The fourth-order valence-corrected chi connectivity index (χ4v) is 1.82. The molecule has 0 radical (unpaired) electrons. The first-order valence-electron chi connectivity index (χ1n) is 7.44. The Labute approximate surface area is 120 Å². The van der Waals surface area contributed by atoms with Gasteiger partial charge in [-0.05, 0) is 35.8 Å². The van der Waals surface area contributed by atoms with Crippen LogP contribution >= 0.6 is 15.9 Å². The Hall–Kier alpha value is -1.81. The molecule has 2 aromatic carbocycles. The molecule has 0 aliphatic heterocycles. The van der Waals surface area contributed by atoms with Crippen LogP contribution in [-0.2, 0) is 5.33 Å². The number of halogens is 1. The molecule has 0 atom stereocenters. The Balaban J connectivity index is 2.50. The van der Waals surface area contributed by atoms with Gasteiger partial charge in [-0.2, -0.15) is 0 Å². The van der Waals surface area contributed by atoms with E-state index in [0.29, 0.717) is 5.56 Å². The van der Waals surface area contributed by atoms with Gasteiger partial charge in [-0.15, -0.1) is 0 Å². The van der Waals surface area contributed by atoms with E-state index in [1.165, 1.54) is 18.2 Å². The quantitative estimate of drug-likeness (QED) is 0.866. The lowest BCUT2D eigenvalue weighted by atomic mass is 10.1. The predicted octanol–water partition coefficient (Wildman–Crippen LogP) is 4.07. The van der Waals surface area contributed by atoms with Gasteiger partial charge in [0.2, 0.25) is 0 Å². The van der Waals surface area contributed by atoms with Gasteiger partial charge in [0, 0.05) is 5.33 Å². The van der Waals surface area contributed by atoms with Crippen LogP contribution in [0.1, 0.15) is 22.8 Å². The number of rotatable bonds is 4. The summed E-state index contributed by atoms with van der Waals surface area (Å²) in [4.78, 5) is 11.1. The fraction of sp³-hybridized carbons (Fsp3) is 0.0714. The lowest BCUT2D eigenvalue weighted by Gasteiger charge is -2.08. The number of carboxylic acid groups (broad SMARTS) is 1. The number of hydrogen-bond donors (Lipinski definition) is 1. The van der Waals surface area contributed by atoms with Crippen molar-refractivity contribution in [3.63, 3.8) is 0 Å². The molecular formula is C14H11BrO3. The summed E-state index contributed by atoms with van der Waals surface area (Å²) in [5, 5.41) is 9.35. The maximum absolute atomic E-state index is 11.1. The highest BCUT2D eigenvalue weighted by Crippen LogP contribution is 2.25. The van der Waals surface area contributed by atoms with E-state index >= 15 is 0 Å². The molecule has 0 amide bonds. The van der Waals surface area contributed by atoms with Gasteiger partial charge >= 0.3 is 5.97 Å². The average Bonchev–Trinajstić information content (AvgIpc) is 2.54. The van der Waals surface area contributed by atoms with Gasteiger partial charge in [-0.1, -0.05) is 34.1 Å². The number of hydrogen-bond acceptors (Lipinski definition) is 2. The van der Waals surface area contributed by atoms with E-state index in [2.05, 4.69) is 15.9 Å². The molecule has 2 aromatic rings. The van der Waals surface area contributed by atoms with Gasteiger partial charge in [0.25, 0.3) is 0 Å². The van der Waals surface area contributed by atoms with E-state index < -0.39 is 36.2 Å². The summed E-state index contributed by atoms with van der Waals surface area (Å²) in [6.45, 7) is 0. The Morgan fingerprint density at radius 1 is 1.28 bits per heavy atom. The van der Waals surface area contributed by atoms with Crippen molar-refractivity contribution in [2.75, 3.05) is 0 Å². The van der Waals surface area contributed by atoms with Crippen molar-refractivity contribution in [3.05, 3.63) is 59.5 Å². The molecule has 0 heterocycles. The minimum absolute atomic E-state index is 0.0929. The average molecular weight is 312 g/mol. The molecule has 0 spiro atoms. The number of para-hydroxylation sites is 1. The Morgan fingerprint density at radius 3 is 2.61 bits per heavy atom. The van der Waals surface area contributed by atoms with Crippen LogP contribution in [0.2, 0.25) is 0 Å². The van der Waals surface area contributed by atoms with Crippen LogP contribution in [0.5, 0.6) is 11.5 Å². The topological polar surface area (TPSA) is 46.5 Å². The smallest absolute Gasteiger partial charge is 0.335 e. The second kappa shape index (κ2) is 5.69. The number of alkyl halides is 1. The van der Waals surface area contributed by atoms with Crippen molar-refractivity contribution >= 4 is 21.9 Å². The molecule has 0 bridgehead atoms. The zero-order valence-electron chi connectivity index (χ0n) is 14.1. The second-order valence-corrected chi connectivity index (χ2v) is 3.87. The van der Waals surface area contributed by atoms with Gasteiger partial charge < -0.3 is 9.84 Å². The maximum Gasteiger partial charge on any atom is 0.335 e. The molecule has 0 aliphatic carbocycles. The molecule has 4 heteroatoms. The van der Waals surface area contributed by atoms with Crippen LogP contribution in [0.4, 0.5) is 0 Å². The van der Waals surface area contributed by atoms with Crippen molar-refractivity contribution in [2.45, 2.75) is 5.33 Å². The van der Waals surface area contributed by atoms with Gasteiger partial charge in [0.05, 0.1) is 12.4 Å². The number of benzene rings is 2. The van der Waals surface area contributed by atoms with Crippen molar-refractivity contribution in [3.8, 4) is 11.5 Å². The lowest BCUT2D eigenvalue weighted by molar-refractivity contribution is 0.0696. The minimum atomic E-state index is -1.09. The van der Waals surface area contributed by atoms with Crippen LogP contribution in [0.15, 0.2) is 48.4 Å². The van der Waals surface area contributed by atoms with E-state index in [1.807, 2.05) is 0 Å². The third kappa shape index (κ3) is 2.90. The minimum Gasteiger partial charge on any atom is -0.478 e. The van der Waals surface area contributed by atoms with E-state index in [4.69, 9.17) is 16.7 Å². The van der Waals surface area contributed by atoms with E-state index in [1.54, 1.807) is 0 Å². The predicted molar refractivity (Wildman–Crippen MR) is 72.5 cm³/mol. The Bertz CT molecular complexity index is 765. The molecule has 0 aliphatic rings. The molecule has 2 rings (SSSR count). The van der Waals surface area contributed by atoms with E-state index in [0.717, 1.165) is 0 Å². The van der Waals surface area contributed by atoms with Crippen molar-refractivity contribution in [1.29, 1.82) is 0 Å². The molecule has 0 saturated carbocycles. The van der Waals surface area contributed by atoms with Crippen LogP contribution in [0, 0.1) is 0 Å². The Morgan fingerprint density at radius 2 is 2.00 bits per heavy atom. The monoisotopic (exact) mass is 311 g/mol. The summed E-state index contributed by atoms with van der Waals surface area (Å²) in [6.07, 6.45) is 0. The number of ether oxygens (including phenoxy) is 1. The largest absolute Gasteiger partial charge is 0.478 e. The number of carbonyl (C=O) groups is 1. The van der Waals surface area contributed by atoms with Gasteiger partial charge in [0.1, 0.15) is 11.5 Å². The summed E-state index contributed by atoms with van der Waals surface area (Å²) in [6, 6.07) is 1.73. The molecule has 0 unspecified atom stereocenters. The first-order chi connectivity index (χ1) is 10.8. The number of carboxylic acids is 1. The van der Waals surface area contributed by atoms with Crippen LogP contribution < -0.4 is 4.74 Å². The second-order valence-electron chi connectivity index (χ2n) is 3.31. The van der Waals surface area contributed by atoms with Crippen LogP contribution in [0.3, 0.4) is 0 Å². The van der Waals surface area contributed by atoms with E-state index in [9.17, 15) is 4.79 Å².